The maximum atomic E-state index is 6.05. The lowest BCUT2D eigenvalue weighted by Crippen LogP contribution is -2.34. The Kier molecular flexibility index (Phi) is 4.04. The van der Waals surface area contributed by atoms with Crippen molar-refractivity contribution in [2.24, 2.45) is 5.92 Å². The largest absolute Gasteiger partial charge is 0.494 e. The molecule has 0 spiro atoms. The molecule has 1 atom stereocenters. The Morgan fingerprint density at radius 1 is 1.15 bits per heavy atom. The molecule has 0 aromatic heterocycles. The summed E-state index contributed by atoms with van der Waals surface area (Å²) < 4.78 is 5.64. The number of anilines is 2. The molecule has 1 saturated carbocycles. The first-order valence-corrected chi connectivity index (χ1v) is 8.08. The summed E-state index contributed by atoms with van der Waals surface area (Å²) in [7, 11) is 0. The molecule has 1 aliphatic heterocycles. The Labute approximate surface area is 122 Å². The lowest BCUT2D eigenvalue weighted by molar-refractivity contribution is 0.340. The average Bonchev–Trinajstić information content (AvgIpc) is 3.09. The van der Waals surface area contributed by atoms with Crippen LogP contribution in [0, 0.1) is 5.92 Å². The highest BCUT2D eigenvalue weighted by Gasteiger charge is 2.33. The van der Waals surface area contributed by atoms with Gasteiger partial charge in [0.15, 0.2) is 0 Å². The zero-order chi connectivity index (χ0) is 13.9. The van der Waals surface area contributed by atoms with Gasteiger partial charge in [0.2, 0.25) is 0 Å². The van der Waals surface area contributed by atoms with Crippen LogP contribution in [0.5, 0.6) is 5.75 Å². The fourth-order valence-electron chi connectivity index (χ4n) is 3.97. The van der Waals surface area contributed by atoms with Crippen LogP contribution in [-0.4, -0.2) is 19.2 Å². The zero-order valence-electron chi connectivity index (χ0n) is 12.5. The molecule has 2 fully saturated rings. The Bertz CT molecular complexity index is 454. The van der Waals surface area contributed by atoms with Crippen LogP contribution < -0.4 is 15.4 Å². The molecule has 0 radical (unpaired) electrons. The van der Waals surface area contributed by atoms with Gasteiger partial charge in [-0.25, -0.2) is 0 Å². The average molecular weight is 274 g/mol. The van der Waals surface area contributed by atoms with Gasteiger partial charge in [0, 0.05) is 36.1 Å². The number of ether oxygens (including phenoxy) is 1. The van der Waals surface area contributed by atoms with Gasteiger partial charge in [0.05, 0.1) is 6.61 Å². The first-order chi connectivity index (χ1) is 9.78. The lowest BCUT2D eigenvalue weighted by Gasteiger charge is -2.31. The van der Waals surface area contributed by atoms with Gasteiger partial charge in [-0.2, -0.15) is 0 Å². The van der Waals surface area contributed by atoms with E-state index in [1.165, 1.54) is 44.2 Å². The molecule has 110 valence electrons. The Morgan fingerprint density at radius 2 is 1.95 bits per heavy atom. The van der Waals surface area contributed by atoms with Crippen molar-refractivity contribution in [2.45, 2.75) is 51.5 Å². The number of hydrogen-bond acceptors (Lipinski definition) is 3. The van der Waals surface area contributed by atoms with Crippen LogP contribution in [-0.2, 0) is 0 Å². The second-order valence-electron chi connectivity index (χ2n) is 6.14. The van der Waals surface area contributed by atoms with Gasteiger partial charge >= 0.3 is 0 Å². The van der Waals surface area contributed by atoms with Crippen LogP contribution >= 0.6 is 0 Å². The SMILES string of the molecule is CCOc1cc(N)cc(N2CCCC2C2CCCC2)c1. The smallest absolute Gasteiger partial charge is 0.123 e. The first kappa shape index (κ1) is 13.6. The predicted octanol–water partition coefficient (Wildman–Crippen LogP) is 3.83. The van der Waals surface area contributed by atoms with Crippen molar-refractivity contribution in [2.75, 3.05) is 23.8 Å². The molecule has 3 nitrogen and oxygen atoms in total. The second-order valence-corrected chi connectivity index (χ2v) is 6.14. The minimum atomic E-state index is 0.689. The van der Waals surface area contributed by atoms with Crippen molar-refractivity contribution in [3.05, 3.63) is 18.2 Å². The van der Waals surface area contributed by atoms with Gasteiger partial charge in [-0.05, 0) is 44.6 Å². The molecule has 1 heterocycles. The molecule has 3 rings (SSSR count). The van der Waals surface area contributed by atoms with Crippen LogP contribution in [0.25, 0.3) is 0 Å². The van der Waals surface area contributed by atoms with E-state index >= 15 is 0 Å². The summed E-state index contributed by atoms with van der Waals surface area (Å²) in [5.41, 5.74) is 8.11. The first-order valence-electron chi connectivity index (χ1n) is 8.08. The van der Waals surface area contributed by atoms with Gasteiger partial charge in [-0.3, -0.25) is 0 Å². The van der Waals surface area contributed by atoms with Gasteiger partial charge in [-0.1, -0.05) is 12.8 Å². The molecule has 1 saturated heterocycles. The Balaban J connectivity index is 1.83. The van der Waals surface area contributed by atoms with E-state index in [0.29, 0.717) is 12.6 Å². The van der Waals surface area contributed by atoms with Gasteiger partial charge in [-0.15, -0.1) is 0 Å². The van der Waals surface area contributed by atoms with Crippen molar-refractivity contribution in [1.29, 1.82) is 0 Å². The fraction of sp³-hybridized carbons (Fsp3) is 0.647. The van der Waals surface area contributed by atoms with Crippen molar-refractivity contribution >= 4 is 11.4 Å². The lowest BCUT2D eigenvalue weighted by atomic mass is 9.95. The Hall–Kier alpha value is -1.38. The Morgan fingerprint density at radius 3 is 2.70 bits per heavy atom. The van der Waals surface area contributed by atoms with Crippen LogP contribution in [0.2, 0.25) is 0 Å². The van der Waals surface area contributed by atoms with Crippen LogP contribution in [0.1, 0.15) is 45.4 Å². The van der Waals surface area contributed by atoms with E-state index < -0.39 is 0 Å². The molecule has 20 heavy (non-hydrogen) atoms. The molecule has 0 bridgehead atoms. The van der Waals surface area contributed by atoms with E-state index in [0.717, 1.165) is 23.9 Å². The predicted molar refractivity (Wildman–Crippen MR) is 84.3 cm³/mol. The van der Waals surface area contributed by atoms with Crippen molar-refractivity contribution < 1.29 is 4.74 Å². The zero-order valence-corrected chi connectivity index (χ0v) is 12.5. The quantitative estimate of drug-likeness (QED) is 0.848. The van der Waals surface area contributed by atoms with E-state index in [2.05, 4.69) is 17.0 Å². The molecule has 1 aromatic rings. The van der Waals surface area contributed by atoms with Crippen molar-refractivity contribution in [3.8, 4) is 5.75 Å². The molecule has 1 aromatic carbocycles. The molecular weight excluding hydrogens is 248 g/mol. The number of nitrogens with two attached hydrogens (primary N) is 1. The number of hydrogen-bond donors (Lipinski definition) is 1. The van der Waals surface area contributed by atoms with E-state index in [9.17, 15) is 0 Å². The third-order valence-electron chi connectivity index (χ3n) is 4.80. The third kappa shape index (κ3) is 2.72. The third-order valence-corrected chi connectivity index (χ3v) is 4.80. The van der Waals surface area contributed by atoms with E-state index in [1.54, 1.807) is 0 Å². The fourth-order valence-corrected chi connectivity index (χ4v) is 3.97. The molecular formula is C17H26N2O. The maximum absolute atomic E-state index is 6.05. The highest BCUT2D eigenvalue weighted by molar-refractivity contribution is 5.61. The van der Waals surface area contributed by atoms with Crippen molar-refractivity contribution in [1.82, 2.24) is 0 Å². The van der Waals surface area contributed by atoms with Crippen LogP contribution in [0.15, 0.2) is 18.2 Å². The highest BCUT2D eigenvalue weighted by atomic mass is 16.5. The minimum Gasteiger partial charge on any atom is -0.494 e. The number of nitrogens with zero attached hydrogens (tertiary/aromatic N) is 1. The minimum absolute atomic E-state index is 0.689. The molecule has 2 N–H and O–H groups in total. The molecule has 2 aliphatic rings. The van der Waals surface area contributed by atoms with Crippen LogP contribution in [0.3, 0.4) is 0 Å². The summed E-state index contributed by atoms with van der Waals surface area (Å²) in [5.74, 6) is 1.79. The molecule has 1 unspecified atom stereocenters. The summed E-state index contributed by atoms with van der Waals surface area (Å²) in [4.78, 5) is 2.58. The van der Waals surface area contributed by atoms with Gasteiger partial charge in [0.1, 0.15) is 5.75 Å². The van der Waals surface area contributed by atoms with E-state index in [4.69, 9.17) is 10.5 Å². The molecule has 1 aliphatic carbocycles. The summed E-state index contributed by atoms with van der Waals surface area (Å²) in [6.45, 7) is 3.87. The summed E-state index contributed by atoms with van der Waals surface area (Å²) in [6.07, 6.45) is 8.28. The normalized spacial score (nSPS) is 23.4. The van der Waals surface area contributed by atoms with Gasteiger partial charge < -0.3 is 15.4 Å². The maximum Gasteiger partial charge on any atom is 0.123 e. The van der Waals surface area contributed by atoms with Gasteiger partial charge in [0.25, 0.3) is 0 Å². The summed E-state index contributed by atoms with van der Waals surface area (Å²) in [5, 5.41) is 0. The topological polar surface area (TPSA) is 38.5 Å². The standard InChI is InChI=1S/C17H26N2O/c1-2-20-16-11-14(18)10-15(12-16)19-9-5-8-17(19)13-6-3-4-7-13/h10-13,17H,2-9,18H2,1H3. The monoisotopic (exact) mass is 274 g/mol. The molecule has 3 heteroatoms. The summed E-state index contributed by atoms with van der Waals surface area (Å²) in [6, 6.07) is 6.91. The number of benzene rings is 1. The number of nitrogen functional groups attached to an aromatic ring is 1. The highest BCUT2D eigenvalue weighted by Crippen LogP contribution is 2.39. The van der Waals surface area contributed by atoms with E-state index in [-0.39, 0.29) is 0 Å². The summed E-state index contributed by atoms with van der Waals surface area (Å²) >= 11 is 0. The van der Waals surface area contributed by atoms with E-state index in [1.807, 2.05) is 13.0 Å². The number of rotatable bonds is 4. The second kappa shape index (κ2) is 5.94. The van der Waals surface area contributed by atoms with Crippen LogP contribution in [0.4, 0.5) is 11.4 Å². The van der Waals surface area contributed by atoms with Crippen molar-refractivity contribution in [3.63, 3.8) is 0 Å². The molecule has 0 amide bonds.